The molecule has 0 bridgehead atoms. The minimum absolute atomic E-state index is 0.264. The van der Waals surface area contributed by atoms with E-state index in [9.17, 15) is 4.79 Å². The van der Waals surface area contributed by atoms with Gasteiger partial charge in [-0.3, -0.25) is 14.7 Å². The van der Waals surface area contributed by atoms with Crippen LogP contribution in [0.3, 0.4) is 0 Å². The molecule has 1 aromatic heterocycles. The first kappa shape index (κ1) is 18.4. The van der Waals surface area contributed by atoms with Crippen molar-refractivity contribution in [2.75, 3.05) is 18.4 Å². The van der Waals surface area contributed by atoms with Crippen molar-refractivity contribution in [1.29, 1.82) is 0 Å². The van der Waals surface area contributed by atoms with Gasteiger partial charge in [0.1, 0.15) is 0 Å². The smallest absolute Gasteiger partial charge is 0.279 e. The van der Waals surface area contributed by atoms with Gasteiger partial charge in [-0.2, -0.15) is 0 Å². The van der Waals surface area contributed by atoms with Crippen molar-refractivity contribution in [3.05, 3.63) is 70.5 Å². The molecule has 1 saturated heterocycles. The molecule has 0 aliphatic carbocycles. The maximum absolute atomic E-state index is 12.3. The maximum atomic E-state index is 12.3. The lowest BCUT2D eigenvalue weighted by Crippen LogP contribution is -2.32. The van der Waals surface area contributed by atoms with Gasteiger partial charge < -0.3 is 5.32 Å². The van der Waals surface area contributed by atoms with Crippen molar-refractivity contribution in [2.45, 2.75) is 26.3 Å². The van der Waals surface area contributed by atoms with Crippen LogP contribution < -0.4 is 10.9 Å². The summed E-state index contributed by atoms with van der Waals surface area (Å²) in [6.45, 7) is 5.66. The summed E-state index contributed by atoms with van der Waals surface area (Å²) in [4.78, 5) is 17.6. The summed E-state index contributed by atoms with van der Waals surface area (Å²) >= 11 is 0. The first-order chi connectivity index (χ1) is 13.7. The highest BCUT2D eigenvalue weighted by Crippen LogP contribution is 2.20. The Morgan fingerprint density at radius 3 is 2.43 bits per heavy atom. The number of benzene rings is 2. The van der Waals surface area contributed by atoms with E-state index in [4.69, 9.17) is 0 Å². The summed E-state index contributed by atoms with van der Waals surface area (Å²) in [6, 6.07) is 17.6. The predicted octanol–water partition coefficient (Wildman–Crippen LogP) is 3.81. The molecule has 3 aromatic rings. The number of aromatic amines is 1. The highest BCUT2D eigenvalue weighted by molar-refractivity contribution is 5.58. The van der Waals surface area contributed by atoms with Gasteiger partial charge in [0, 0.05) is 17.8 Å². The van der Waals surface area contributed by atoms with Crippen molar-refractivity contribution in [1.82, 2.24) is 20.1 Å². The van der Waals surface area contributed by atoms with Crippen LogP contribution in [0.2, 0.25) is 0 Å². The Kier molecular flexibility index (Phi) is 5.48. The third-order valence-electron chi connectivity index (χ3n) is 5.24. The van der Waals surface area contributed by atoms with Crippen LogP contribution in [0.15, 0.2) is 59.4 Å². The van der Waals surface area contributed by atoms with Crippen LogP contribution in [-0.2, 0) is 6.54 Å². The Morgan fingerprint density at radius 1 is 1.04 bits per heavy atom. The molecule has 144 valence electrons. The van der Waals surface area contributed by atoms with E-state index in [-0.39, 0.29) is 5.56 Å². The monoisotopic (exact) mass is 375 g/mol. The fourth-order valence-electron chi connectivity index (χ4n) is 3.49. The Balaban J connectivity index is 1.40. The molecule has 6 heteroatoms. The molecule has 1 fully saturated rings. The lowest BCUT2D eigenvalue weighted by atomic mass is 9.99. The van der Waals surface area contributed by atoms with Crippen LogP contribution in [-0.4, -0.2) is 33.2 Å². The molecule has 0 atom stereocenters. The summed E-state index contributed by atoms with van der Waals surface area (Å²) in [5.41, 5.74) is 2.96. The molecule has 4 rings (SSSR count). The molecule has 0 amide bonds. The summed E-state index contributed by atoms with van der Waals surface area (Å²) in [6.07, 6.45) is 2.56. The number of piperidine rings is 1. The number of nitrogens with zero attached hydrogens (tertiary/aromatic N) is 3. The normalized spacial score (nSPS) is 15.5. The van der Waals surface area contributed by atoms with Crippen molar-refractivity contribution in [3.8, 4) is 11.3 Å². The minimum Gasteiger partial charge on any atom is -0.324 e. The molecule has 28 heavy (non-hydrogen) atoms. The van der Waals surface area contributed by atoms with Crippen LogP contribution in [0.5, 0.6) is 0 Å². The van der Waals surface area contributed by atoms with Gasteiger partial charge in [0.2, 0.25) is 5.95 Å². The van der Waals surface area contributed by atoms with Crippen molar-refractivity contribution < 1.29 is 0 Å². The zero-order valence-corrected chi connectivity index (χ0v) is 16.1. The molecule has 1 aliphatic rings. The third-order valence-corrected chi connectivity index (χ3v) is 5.24. The van der Waals surface area contributed by atoms with Crippen LogP contribution in [0.4, 0.5) is 11.6 Å². The average Bonchev–Trinajstić information content (AvgIpc) is 2.72. The van der Waals surface area contributed by atoms with E-state index >= 15 is 0 Å². The molecule has 1 aliphatic heterocycles. The van der Waals surface area contributed by atoms with E-state index in [0.29, 0.717) is 11.6 Å². The van der Waals surface area contributed by atoms with Crippen molar-refractivity contribution >= 4 is 11.6 Å². The van der Waals surface area contributed by atoms with Gasteiger partial charge in [0.15, 0.2) is 5.69 Å². The molecule has 2 aromatic carbocycles. The molecule has 6 nitrogen and oxygen atoms in total. The van der Waals surface area contributed by atoms with E-state index in [1.807, 2.05) is 42.5 Å². The van der Waals surface area contributed by atoms with Gasteiger partial charge in [-0.05, 0) is 49.5 Å². The van der Waals surface area contributed by atoms with E-state index in [1.165, 1.54) is 31.5 Å². The Bertz CT molecular complexity index is 960. The van der Waals surface area contributed by atoms with Crippen LogP contribution in [0.25, 0.3) is 11.3 Å². The van der Waals surface area contributed by atoms with Crippen LogP contribution >= 0.6 is 0 Å². The zero-order chi connectivity index (χ0) is 19.3. The van der Waals surface area contributed by atoms with Crippen molar-refractivity contribution in [2.24, 2.45) is 5.92 Å². The predicted molar refractivity (Wildman–Crippen MR) is 111 cm³/mol. The number of H-pyrrole nitrogens is 1. The van der Waals surface area contributed by atoms with Gasteiger partial charge in [0.25, 0.3) is 5.56 Å². The molecule has 2 heterocycles. The van der Waals surface area contributed by atoms with E-state index in [0.717, 1.165) is 23.7 Å². The second kappa shape index (κ2) is 8.35. The number of nitrogens with one attached hydrogen (secondary N) is 2. The largest absolute Gasteiger partial charge is 0.324 e. The Morgan fingerprint density at radius 2 is 1.75 bits per heavy atom. The number of rotatable bonds is 5. The number of likely N-dealkylation sites (tertiary alicyclic amines) is 1. The fraction of sp³-hybridized carbons (Fsp3) is 0.318. The number of aromatic nitrogens is 3. The molecule has 0 unspecified atom stereocenters. The molecular formula is C22H25N5O. The molecular weight excluding hydrogens is 350 g/mol. The summed E-state index contributed by atoms with van der Waals surface area (Å²) in [7, 11) is 0. The van der Waals surface area contributed by atoms with E-state index < -0.39 is 0 Å². The summed E-state index contributed by atoms with van der Waals surface area (Å²) in [5.74, 6) is 1.18. The summed E-state index contributed by atoms with van der Waals surface area (Å²) < 4.78 is 0. The fourth-order valence-corrected chi connectivity index (χ4v) is 3.49. The number of anilines is 2. The summed E-state index contributed by atoms with van der Waals surface area (Å²) in [5, 5.41) is 11.3. The first-order valence-electron chi connectivity index (χ1n) is 9.78. The second-order valence-electron chi connectivity index (χ2n) is 7.50. The van der Waals surface area contributed by atoms with Gasteiger partial charge in [-0.1, -0.05) is 49.4 Å². The van der Waals surface area contributed by atoms with E-state index in [1.54, 1.807) is 0 Å². The highest BCUT2D eigenvalue weighted by atomic mass is 16.1. The van der Waals surface area contributed by atoms with Gasteiger partial charge >= 0.3 is 0 Å². The Hall–Kier alpha value is -2.99. The minimum atomic E-state index is -0.264. The maximum Gasteiger partial charge on any atom is 0.279 e. The van der Waals surface area contributed by atoms with Crippen LogP contribution in [0, 0.1) is 5.92 Å². The molecule has 0 spiro atoms. The quantitative estimate of drug-likeness (QED) is 0.709. The van der Waals surface area contributed by atoms with E-state index in [2.05, 4.69) is 44.5 Å². The number of hydrogen-bond donors (Lipinski definition) is 2. The molecule has 2 N–H and O–H groups in total. The SMILES string of the molecule is CC1CCN(Cc2ccc(Nc3nnc(-c4ccccc4)c(=O)[nH]3)cc2)CC1. The van der Waals surface area contributed by atoms with Crippen LogP contribution in [0.1, 0.15) is 25.3 Å². The second-order valence-corrected chi connectivity index (χ2v) is 7.50. The zero-order valence-electron chi connectivity index (χ0n) is 16.1. The number of hydrogen-bond acceptors (Lipinski definition) is 5. The average molecular weight is 375 g/mol. The highest BCUT2D eigenvalue weighted by Gasteiger charge is 2.15. The van der Waals surface area contributed by atoms with Gasteiger partial charge in [-0.15, -0.1) is 10.2 Å². The topological polar surface area (TPSA) is 73.9 Å². The lowest BCUT2D eigenvalue weighted by Gasteiger charge is -2.30. The molecule has 0 saturated carbocycles. The lowest BCUT2D eigenvalue weighted by molar-refractivity contribution is 0.185. The third kappa shape index (κ3) is 4.46. The standard InChI is InChI=1S/C22H25N5O/c1-16-11-13-27(14-12-16)15-17-7-9-19(10-8-17)23-22-24-21(28)20(25-26-22)18-5-3-2-4-6-18/h2-10,16H,11-15H2,1H3,(H2,23,24,26,28). The first-order valence-corrected chi connectivity index (χ1v) is 9.78. The van der Waals surface area contributed by atoms with Gasteiger partial charge in [0.05, 0.1) is 0 Å². The Labute approximate surface area is 164 Å². The van der Waals surface area contributed by atoms with Crippen molar-refractivity contribution in [3.63, 3.8) is 0 Å². The van der Waals surface area contributed by atoms with Gasteiger partial charge in [-0.25, -0.2) is 0 Å². The molecule has 0 radical (unpaired) electrons.